The molecule has 0 bridgehead atoms. The van der Waals surface area contributed by atoms with Gasteiger partial charge < -0.3 is 4.90 Å². The van der Waals surface area contributed by atoms with Gasteiger partial charge in [0, 0.05) is 23.1 Å². The van der Waals surface area contributed by atoms with Gasteiger partial charge >= 0.3 is 0 Å². The highest BCUT2D eigenvalue weighted by molar-refractivity contribution is 9.15. The summed E-state index contributed by atoms with van der Waals surface area (Å²) in [7, 11) is 2.16. The van der Waals surface area contributed by atoms with E-state index in [1.807, 2.05) is 38.1 Å². The van der Waals surface area contributed by atoms with Crippen LogP contribution in [0.4, 0.5) is 0 Å². The molecule has 0 atom stereocenters. The number of aldehydes is 1. The van der Waals surface area contributed by atoms with Gasteiger partial charge in [-0.3, -0.25) is 4.79 Å². The lowest BCUT2D eigenvalue weighted by molar-refractivity contribution is 0.112. The van der Waals surface area contributed by atoms with Crippen molar-refractivity contribution in [3.05, 3.63) is 41.0 Å². The topological polar surface area (TPSA) is 20.3 Å². The zero-order valence-corrected chi connectivity index (χ0v) is 13.5. The van der Waals surface area contributed by atoms with Crippen LogP contribution in [0.3, 0.4) is 0 Å². The van der Waals surface area contributed by atoms with Crippen molar-refractivity contribution >= 4 is 26.7 Å². The van der Waals surface area contributed by atoms with E-state index in [4.69, 9.17) is 0 Å². The lowest BCUT2D eigenvalue weighted by Gasteiger charge is -2.25. The van der Waals surface area contributed by atoms with E-state index in [2.05, 4.69) is 27.9 Å². The predicted molar refractivity (Wildman–Crippen MR) is 85.8 cm³/mol. The minimum atomic E-state index is 0.724. The molecular weight excluding hydrogens is 302 g/mol. The first-order valence-electron chi connectivity index (χ1n) is 6.82. The largest absolute Gasteiger partial charge is 0.306 e. The second kappa shape index (κ2) is 8.28. The number of hydrogen-bond donors (Lipinski definition) is 0. The molecule has 1 aliphatic heterocycles. The molecule has 1 aromatic carbocycles. The van der Waals surface area contributed by atoms with E-state index in [0.29, 0.717) is 0 Å². The Hall–Kier alpha value is -0.930. The maximum Gasteiger partial charge on any atom is 0.150 e. The van der Waals surface area contributed by atoms with Crippen LogP contribution in [0.5, 0.6) is 0 Å². The van der Waals surface area contributed by atoms with Crippen LogP contribution >= 0.6 is 15.9 Å². The van der Waals surface area contributed by atoms with Crippen molar-refractivity contribution in [2.75, 3.05) is 20.1 Å². The van der Waals surface area contributed by atoms with Gasteiger partial charge in [0.05, 0.1) is 0 Å². The summed E-state index contributed by atoms with van der Waals surface area (Å²) in [4.78, 5) is 12.9. The van der Waals surface area contributed by atoms with Gasteiger partial charge in [0.2, 0.25) is 0 Å². The van der Waals surface area contributed by atoms with Gasteiger partial charge in [-0.25, -0.2) is 0 Å². The molecule has 0 radical (unpaired) electrons. The summed E-state index contributed by atoms with van der Waals surface area (Å²) in [5.41, 5.74) is 3.36. The van der Waals surface area contributed by atoms with E-state index >= 15 is 0 Å². The smallest absolute Gasteiger partial charge is 0.150 e. The Morgan fingerprint density at radius 1 is 1.16 bits per heavy atom. The maximum atomic E-state index is 10.6. The summed E-state index contributed by atoms with van der Waals surface area (Å²) < 4.78 is 1.20. The van der Waals surface area contributed by atoms with Crippen LogP contribution in [-0.2, 0) is 0 Å². The fraction of sp³-hybridized carbons (Fsp3) is 0.438. The molecule has 0 aromatic heterocycles. The van der Waals surface area contributed by atoms with E-state index in [0.717, 1.165) is 43.3 Å². The fourth-order valence-electron chi connectivity index (χ4n) is 2.02. The number of piperidine rings is 1. The highest BCUT2D eigenvalue weighted by atomic mass is 79.9. The van der Waals surface area contributed by atoms with Crippen molar-refractivity contribution in [1.29, 1.82) is 0 Å². The molecule has 2 rings (SSSR count). The molecule has 0 spiro atoms. The average Bonchev–Trinajstić information content (AvgIpc) is 2.49. The lowest BCUT2D eigenvalue weighted by Crippen LogP contribution is -2.26. The highest BCUT2D eigenvalue weighted by Crippen LogP contribution is 2.30. The molecule has 0 amide bonds. The Labute approximate surface area is 124 Å². The second-order valence-corrected chi connectivity index (χ2v) is 5.25. The molecule has 104 valence electrons. The molecule has 1 aromatic rings. The Morgan fingerprint density at radius 2 is 1.68 bits per heavy atom. The van der Waals surface area contributed by atoms with Crippen LogP contribution in [-0.4, -0.2) is 31.3 Å². The van der Waals surface area contributed by atoms with Crippen LogP contribution in [0, 0.1) is 0 Å². The number of nitrogens with zero attached hydrogens (tertiary/aromatic N) is 1. The maximum absolute atomic E-state index is 10.6. The minimum Gasteiger partial charge on any atom is -0.306 e. The average molecular weight is 324 g/mol. The van der Waals surface area contributed by atoms with Crippen molar-refractivity contribution in [2.24, 2.45) is 0 Å². The van der Waals surface area contributed by atoms with Crippen LogP contribution in [0.25, 0.3) is 4.48 Å². The Morgan fingerprint density at radius 3 is 2.16 bits per heavy atom. The molecule has 3 heteroatoms. The zero-order valence-electron chi connectivity index (χ0n) is 11.9. The van der Waals surface area contributed by atoms with E-state index in [1.165, 1.54) is 10.1 Å². The fourth-order valence-corrected chi connectivity index (χ4v) is 2.68. The number of hydrogen-bond acceptors (Lipinski definition) is 2. The number of carbonyl (C=O) groups is 1. The Kier molecular flexibility index (Phi) is 7.03. The van der Waals surface area contributed by atoms with E-state index in [-0.39, 0.29) is 0 Å². The Balaban J connectivity index is 0.000000861. The summed E-state index contributed by atoms with van der Waals surface area (Å²) in [5.74, 6) is 0. The molecule has 1 saturated heterocycles. The normalized spacial score (nSPS) is 15.5. The number of carbonyl (C=O) groups excluding carboxylic acids is 1. The molecule has 1 aliphatic rings. The van der Waals surface area contributed by atoms with Gasteiger partial charge in [-0.05, 0) is 25.5 Å². The van der Waals surface area contributed by atoms with Crippen LogP contribution in [0.2, 0.25) is 0 Å². The molecule has 1 heterocycles. The molecule has 0 aliphatic carbocycles. The third-order valence-corrected chi connectivity index (χ3v) is 4.22. The van der Waals surface area contributed by atoms with E-state index < -0.39 is 0 Å². The number of benzene rings is 1. The first-order valence-corrected chi connectivity index (χ1v) is 7.61. The van der Waals surface area contributed by atoms with Gasteiger partial charge in [0.25, 0.3) is 0 Å². The summed E-state index contributed by atoms with van der Waals surface area (Å²) in [6.45, 7) is 6.24. The van der Waals surface area contributed by atoms with Gasteiger partial charge in [-0.15, -0.1) is 0 Å². The molecule has 1 fully saturated rings. The number of rotatable bonds is 2. The van der Waals surface area contributed by atoms with Crippen molar-refractivity contribution in [3.8, 4) is 0 Å². The monoisotopic (exact) mass is 323 g/mol. The molecular formula is C16H22BrNO. The number of halogens is 1. The SMILES string of the molecule is CC.CN1CCC(=C(Br)c2ccc(C=O)cc2)CC1. The van der Waals surface area contributed by atoms with Gasteiger partial charge in [0.15, 0.2) is 0 Å². The third kappa shape index (κ3) is 4.59. The quantitative estimate of drug-likeness (QED) is 0.754. The van der Waals surface area contributed by atoms with Crippen molar-refractivity contribution in [3.63, 3.8) is 0 Å². The van der Waals surface area contributed by atoms with Crippen LogP contribution < -0.4 is 0 Å². The molecule has 2 nitrogen and oxygen atoms in total. The predicted octanol–water partition coefficient (Wildman–Crippen LogP) is 4.36. The van der Waals surface area contributed by atoms with E-state index in [1.54, 1.807) is 0 Å². The molecule has 0 saturated carbocycles. The lowest BCUT2D eigenvalue weighted by atomic mass is 10.0. The summed E-state index contributed by atoms with van der Waals surface area (Å²) in [6, 6.07) is 7.72. The first kappa shape index (κ1) is 16.1. The second-order valence-electron chi connectivity index (χ2n) is 4.46. The third-order valence-electron chi connectivity index (χ3n) is 3.20. The molecule has 19 heavy (non-hydrogen) atoms. The van der Waals surface area contributed by atoms with E-state index in [9.17, 15) is 4.79 Å². The molecule has 0 unspecified atom stereocenters. The molecule has 0 N–H and O–H groups in total. The van der Waals surface area contributed by atoms with Gasteiger partial charge in [-0.1, -0.05) is 59.6 Å². The summed E-state index contributed by atoms with van der Waals surface area (Å²) in [6.07, 6.45) is 3.11. The van der Waals surface area contributed by atoms with Gasteiger partial charge in [0.1, 0.15) is 6.29 Å². The van der Waals surface area contributed by atoms with Crippen molar-refractivity contribution < 1.29 is 4.79 Å². The zero-order chi connectivity index (χ0) is 14.3. The van der Waals surface area contributed by atoms with Crippen LogP contribution in [0.1, 0.15) is 42.6 Å². The van der Waals surface area contributed by atoms with Crippen LogP contribution in [0.15, 0.2) is 29.8 Å². The Bertz CT molecular complexity index is 427. The van der Waals surface area contributed by atoms with Gasteiger partial charge in [-0.2, -0.15) is 0 Å². The summed E-state index contributed by atoms with van der Waals surface area (Å²) >= 11 is 3.69. The highest BCUT2D eigenvalue weighted by Gasteiger charge is 2.13. The standard InChI is InChI=1S/C14H16BrNO.C2H6/c1-16-8-6-13(7-9-16)14(15)12-4-2-11(10-17)3-5-12;1-2/h2-5,10H,6-9H2,1H3;1-2H3. The van der Waals surface area contributed by atoms with Crippen molar-refractivity contribution in [1.82, 2.24) is 4.90 Å². The van der Waals surface area contributed by atoms with Crippen molar-refractivity contribution in [2.45, 2.75) is 26.7 Å². The number of likely N-dealkylation sites (tertiary alicyclic amines) is 1. The first-order chi connectivity index (χ1) is 9.20. The summed E-state index contributed by atoms with van der Waals surface area (Å²) in [5, 5.41) is 0. The minimum absolute atomic E-state index is 0.724.